The lowest BCUT2D eigenvalue weighted by molar-refractivity contribution is -0.120. The summed E-state index contributed by atoms with van der Waals surface area (Å²) in [6.07, 6.45) is 10.3. The molecule has 0 radical (unpaired) electrons. The maximum Gasteiger partial charge on any atom is 0.249 e. The number of hydrogen-bond acceptors (Lipinski definition) is 7. The van der Waals surface area contributed by atoms with Crippen LogP contribution >= 0.6 is 0 Å². The third-order valence-electron chi connectivity index (χ3n) is 8.73. The van der Waals surface area contributed by atoms with E-state index in [9.17, 15) is 9.59 Å². The van der Waals surface area contributed by atoms with Crippen molar-refractivity contribution in [2.24, 2.45) is 5.92 Å². The Kier molecular flexibility index (Phi) is 7.98. The lowest BCUT2D eigenvalue weighted by Gasteiger charge is -2.43. The van der Waals surface area contributed by atoms with Gasteiger partial charge in [0.1, 0.15) is 23.3 Å². The Labute approximate surface area is 226 Å². The van der Waals surface area contributed by atoms with Gasteiger partial charge in [-0.1, -0.05) is 31.9 Å². The summed E-state index contributed by atoms with van der Waals surface area (Å²) in [5.41, 5.74) is 2.43. The normalized spacial score (nSPS) is 21.2. The summed E-state index contributed by atoms with van der Waals surface area (Å²) in [5.74, 6) is 2.98. The Balaban J connectivity index is 1.38. The number of hydrogen-bond donors (Lipinski definition) is 0. The second kappa shape index (κ2) is 11.4. The van der Waals surface area contributed by atoms with Gasteiger partial charge in [-0.2, -0.15) is 0 Å². The van der Waals surface area contributed by atoms with E-state index in [0.29, 0.717) is 41.9 Å². The van der Waals surface area contributed by atoms with E-state index in [2.05, 4.69) is 28.8 Å². The molecular formula is C30H41N5O3. The van der Waals surface area contributed by atoms with Crippen LogP contribution in [-0.4, -0.2) is 72.9 Å². The number of Topliss-reactive ketones (excluding diaryl/α,β-unsaturated/α-hetero) is 1. The lowest BCUT2D eigenvalue weighted by atomic mass is 9.89. The van der Waals surface area contributed by atoms with E-state index in [1.165, 1.54) is 12.8 Å². The topological polar surface area (TPSA) is 78.9 Å². The molecule has 0 unspecified atom stereocenters. The number of likely N-dealkylation sites (tertiary alicyclic amines) is 1. The molecule has 1 saturated heterocycles. The Bertz CT molecular complexity index is 1170. The summed E-state index contributed by atoms with van der Waals surface area (Å²) in [5, 5.41) is 0. The number of likely N-dealkylation sites (N-methyl/N-ethyl adjacent to an activating group) is 1. The molecule has 2 aliphatic heterocycles. The number of fused-ring (bicyclic) bond motifs is 1. The standard InChI is InChI=1S/C30H41N5O3/c1-5-24-30(37)34(3)25-19-31-28(32-29(25)35(24)23-8-6-7-9-23)18-22-11-10-21(17-27(22)38-4)26(36)16-20-12-14-33(2)15-13-20/h10-11,17,19-20,23-24H,5-9,12-16,18H2,1-4H3/t24-/m1/s1. The summed E-state index contributed by atoms with van der Waals surface area (Å²) in [6.45, 7) is 4.19. The first-order valence-corrected chi connectivity index (χ1v) is 14.2. The van der Waals surface area contributed by atoms with Crippen molar-refractivity contribution in [1.82, 2.24) is 14.9 Å². The molecule has 1 saturated carbocycles. The van der Waals surface area contributed by atoms with Gasteiger partial charge in [0.25, 0.3) is 0 Å². The first kappa shape index (κ1) is 26.6. The van der Waals surface area contributed by atoms with Gasteiger partial charge in [0.05, 0.1) is 13.3 Å². The van der Waals surface area contributed by atoms with E-state index in [1.807, 2.05) is 25.2 Å². The number of anilines is 2. The minimum Gasteiger partial charge on any atom is -0.496 e. The van der Waals surface area contributed by atoms with Crippen LogP contribution in [0.3, 0.4) is 0 Å². The van der Waals surface area contributed by atoms with Crippen molar-refractivity contribution in [2.45, 2.75) is 76.8 Å². The van der Waals surface area contributed by atoms with Gasteiger partial charge in [-0.15, -0.1) is 0 Å². The van der Waals surface area contributed by atoms with Gasteiger partial charge >= 0.3 is 0 Å². The molecule has 0 spiro atoms. The zero-order valence-electron chi connectivity index (χ0n) is 23.3. The molecule has 1 aromatic heterocycles. The predicted octanol–water partition coefficient (Wildman–Crippen LogP) is 4.49. The van der Waals surface area contributed by atoms with E-state index in [1.54, 1.807) is 18.2 Å². The van der Waals surface area contributed by atoms with Crippen molar-refractivity contribution in [1.29, 1.82) is 0 Å². The SMILES string of the molecule is CC[C@@H]1C(=O)N(C)c2cnc(Cc3ccc(C(=O)CC4CCN(C)CC4)cc3OC)nc2N1C1CCCC1. The highest BCUT2D eigenvalue weighted by Gasteiger charge is 2.41. The predicted molar refractivity (Wildman–Crippen MR) is 149 cm³/mol. The summed E-state index contributed by atoms with van der Waals surface area (Å²) < 4.78 is 5.72. The molecule has 204 valence electrons. The van der Waals surface area contributed by atoms with E-state index in [-0.39, 0.29) is 17.7 Å². The van der Waals surface area contributed by atoms with Crippen LogP contribution in [0.2, 0.25) is 0 Å². The van der Waals surface area contributed by atoms with Crippen LogP contribution < -0.4 is 14.5 Å². The summed E-state index contributed by atoms with van der Waals surface area (Å²) in [6, 6.07) is 5.90. The number of aromatic nitrogens is 2. The van der Waals surface area contributed by atoms with Gasteiger partial charge in [0.2, 0.25) is 5.91 Å². The summed E-state index contributed by atoms with van der Waals surface area (Å²) in [4.78, 5) is 42.2. The number of rotatable bonds is 8. The Morgan fingerprint density at radius 3 is 2.53 bits per heavy atom. The molecule has 8 heteroatoms. The van der Waals surface area contributed by atoms with Crippen molar-refractivity contribution in [3.05, 3.63) is 41.3 Å². The quantitative estimate of drug-likeness (QED) is 0.475. The molecule has 38 heavy (non-hydrogen) atoms. The number of methoxy groups -OCH3 is 1. The highest BCUT2D eigenvalue weighted by molar-refractivity contribution is 6.04. The highest BCUT2D eigenvalue weighted by Crippen LogP contribution is 2.39. The molecule has 1 aromatic carbocycles. The van der Waals surface area contributed by atoms with Crippen LogP contribution in [0.15, 0.2) is 24.4 Å². The number of benzene rings is 1. The molecule has 3 heterocycles. The van der Waals surface area contributed by atoms with Crippen LogP contribution in [0, 0.1) is 5.92 Å². The molecule has 1 amide bonds. The Morgan fingerprint density at radius 2 is 1.84 bits per heavy atom. The summed E-state index contributed by atoms with van der Waals surface area (Å²) >= 11 is 0. The lowest BCUT2D eigenvalue weighted by Crippen LogP contribution is -2.55. The van der Waals surface area contributed by atoms with Crippen LogP contribution in [0.1, 0.15) is 80.0 Å². The highest BCUT2D eigenvalue weighted by atomic mass is 16.5. The van der Waals surface area contributed by atoms with Crippen LogP contribution in [0.25, 0.3) is 0 Å². The van der Waals surface area contributed by atoms with Gasteiger partial charge in [-0.05, 0) is 64.2 Å². The Hall–Kier alpha value is -3.00. The maximum absolute atomic E-state index is 13.2. The van der Waals surface area contributed by atoms with Crippen molar-refractivity contribution >= 4 is 23.2 Å². The van der Waals surface area contributed by atoms with Crippen LogP contribution in [0.4, 0.5) is 11.5 Å². The molecule has 2 aromatic rings. The van der Waals surface area contributed by atoms with Gasteiger partial charge in [0.15, 0.2) is 11.6 Å². The molecule has 3 aliphatic rings. The largest absolute Gasteiger partial charge is 0.496 e. The molecule has 1 aliphatic carbocycles. The molecule has 2 fully saturated rings. The van der Waals surface area contributed by atoms with Crippen molar-refractivity contribution < 1.29 is 14.3 Å². The van der Waals surface area contributed by atoms with Gasteiger partial charge < -0.3 is 19.4 Å². The van der Waals surface area contributed by atoms with E-state index >= 15 is 0 Å². The Morgan fingerprint density at radius 1 is 1.11 bits per heavy atom. The van der Waals surface area contributed by atoms with Gasteiger partial charge in [-0.3, -0.25) is 9.59 Å². The monoisotopic (exact) mass is 519 g/mol. The van der Waals surface area contributed by atoms with Gasteiger partial charge in [0, 0.05) is 37.1 Å². The van der Waals surface area contributed by atoms with E-state index in [0.717, 1.165) is 62.3 Å². The molecule has 5 rings (SSSR count). The fraction of sp³-hybridized carbons (Fsp3) is 0.600. The van der Waals surface area contributed by atoms with Crippen molar-refractivity contribution in [2.75, 3.05) is 44.1 Å². The zero-order chi connectivity index (χ0) is 26.8. The third-order valence-corrected chi connectivity index (χ3v) is 8.73. The molecule has 0 N–H and O–H groups in total. The smallest absolute Gasteiger partial charge is 0.249 e. The van der Waals surface area contributed by atoms with E-state index < -0.39 is 0 Å². The number of ether oxygens (including phenoxy) is 1. The molecule has 8 nitrogen and oxygen atoms in total. The third kappa shape index (κ3) is 5.28. The number of ketones is 1. The van der Waals surface area contributed by atoms with Crippen LogP contribution in [-0.2, 0) is 11.2 Å². The maximum atomic E-state index is 13.2. The van der Waals surface area contributed by atoms with E-state index in [4.69, 9.17) is 9.72 Å². The van der Waals surface area contributed by atoms with Crippen molar-refractivity contribution in [3.63, 3.8) is 0 Å². The first-order chi connectivity index (χ1) is 18.4. The molecule has 1 atom stereocenters. The minimum absolute atomic E-state index is 0.116. The van der Waals surface area contributed by atoms with Gasteiger partial charge in [-0.25, -0.2) is 9.97 Å². The molecular weight excluding hydrogens is 478 g/mol. The second-order valence-corrected chi connectivity index (χ2v) is 11.2. The zero-order valence-corrected chi connectivity index (χ0v) is 23.3. The van der Waals surface area contributed by atoms with Crippen LogP contribution in [0.5, 0.6) is 5.75 Å². The molecule has 0 bridgehead atoms. The average molecular weight is 520 g/mol. The average Bonchev–Trinajstić information content (AvgIpc) is 3.46. The first-order valence-electron chi connectivity index (χ1n) is 14.2. The second-order valence-electron chi connectivity index (χ2n) is 11.2. The number of nitrogens with zero attached hydrogens (tertiary/aromatic N) is 5. The summed E-state index contributed by atoms with van der Waals surface area (Å²) in [7, 11) is 5.61. The number of carbonyl (C=O) groups is 2. The fourth-order valence-electron chi connectivity index (χ4n) is 6.38. The number of amides is 1. The minimum atomic E-state index is -0.192. The number of carbonyl (C=O) groups excluding carboxylic acids is 2. The number of piperidine rings is 1. The van der Waals surface area contributed by atoms with Crippen molar-refractivity contribution in [3.8, 4) is 5.75 Å². The fourth-order valence-corrected chi connectivity index (χ4v) is 6.38.